The van der Waals surface area contributed by atoms with Crippen LogP contribution < -0.4 is 5.73 Å². The van der Waals surface area contributed by atoms with Gasteiger partial charge in [0.05, 0.1) is 12.0 Å². The third kappa shape index (κ3) is 2.67. The molecule has 4 atom stereocenters. The van der Waals surface area contributed by atoms with Gasteiger partial charge >= 0.3 is 5.97 Å². The van der Waals surface area contributed by atoms with Crippen molar-refractivity contribution >= 4 is 34.2 Å². The smallest absolute Gasteiger partial charge is 0.345 e. The second-order valence-corrected chi connectivity index (χ2v) is 7.84. The van der Waals surface area contributed by atoms with Crippen LogP contribution in [0.2, 0.25) is 0 Å². The third-order valence-electron chi connectivity index (χ3n) is 4.91. The van der Waals surface area contributed by atoms with Crippen LogP contribution in [-0.4, -0.2) is 65.3 Å². The van der Waals surface area contributed by atoms with Gasteiger partial charge in [-0.15, -0.1) is 11.3 Å². The molecule has 6 N–H and O–H groups in total. The first-order valence-electron chi connectivity index (χ1n) is 8.37. The second kappa shape index (κ2) is 6.50. The number of aromatic carboxylic acids is 1. The van der Waals surface area contributed by atoms with Gasteiger partial charge in [-0.3, -0.25) is 0 Å². The molecule has 0 radical (unpaired) electrons. The Morgan fingerprint density at radius 3 is 2.79 bits per heavy atom. The van der Waals surface area contributed by atoms with Gasteiger partial charge in [-0.25, -0.2) is 14.8 Å². The molecule has 148 valence electrons. The monoisotopic (exact) mass is 406 g/mol. The number of aliphatic hydroxyl groups excluding tert-OH is 2. The number of anilines is 1. The number of nitrogens with zero attached hydrogens (tertiary/aromatic N) is 3. The van der Waals surface area contributed by atoms with Crippen molar-refractivity contribution in [2.45, 2.75) is 31.0 Å². The van der Waals surface area contributed by atoms with Crippen molar-refractivity contribution in [1.82, 2.24) is 14.5 Å². The lowest BCUT2D eigenvalue weighted by Gasteiger charge is -2.27. The Kier molecular flexibility index (Phi) is 4.36. The van der Waals surface area contributed by atoms with E-state index in [2.05, 4.69) is 9.97 Å². The molecule has 10 nitrogen and oxygen atoms in total. The maximum atomic E-state index is 11.2. The predicted octanol–water partition coefficient (Wildman–Crippen LogP) is 0.442. The SMILES string of the molecule is C[C@]1(O)C(O)C(CO)O[C@H]1n1cc(-c2ccc(C(=O)O)s2)c2c(N)ncnc21. The minimum atomic E-state index is -1.71. The zero-order chi connectivity index (χ0) is 20.2. The molecule has 3 aromatic heterocycles. The highest BCUT2D eigenvalue weighted by Crippen LogP contribution is 2.43. The lowest BCUT2D eigenvalue weighted by molar-refractivity contribution is -0.0948. The van der Waals surface area contributed by atoms with Crippen LogP contribution in [0.15, 0.2) is 24.7 Å². The number of nitrogens with two attached hydrogens (primary N) is 1. The summed E-state index contributed by atoms with van der Waals surface area (Å²) in [6, 6.07) is 3.14. The average Bonchev–Trinajstić information content (AvgIpc) is 3.32. The second-order valence-electron chi connectivity index (χ2n) is 6.76. The molecule has 1 fully saturated rings. The highest BCUT2D eigenvalue weighted by molar-refractivity contribution is 7.17. The summed E-state index contributed by atoms with van der Waals surface area (Å²) in [7, 11) is 0. The average molecular weight is 406 g/mol. The first-order chi connectivity index (χ1) is 13.3. The Bertz CT molecular complexity index is 1060. The number of carboxylic acid groups (broad SMARTS) is 1. The van der Waals surface area contributed by atoms with Crippen molar-refractivity contribution in [3.8, 4) is 10.4 Å². The summed E-state index contributed by atoms with van der Waals surface area (Å²) in [4.78, 5) is 20.3. The molecule has 3 aromatic rings. The summed E-state index contributed by atoms with van der Waals surface area (Å²) >= 11 is 1.06. The Balaban J connectivity index is 1.91. The minimum absolute atomic E-state index is 0.159. The Labute approximate surface area is 162 Å². The molecule has 0 saturated carbocycles. The number of ether oxygens (including phenoxy) is 1. The number of carbonyl (C=O) groups is 1. The fraction of sp³-hybridized carbons (Fsp3) is 0.353. The molecule has 1 aliphatic heterocycles. The predicted molar refractivity (Wildman–Crippen MR) is 99.8 cm³/mol. The number of nitrogen functional groups attached to an aromatic ring is 1. The van der Waals surface area contributed by atoms with E-state index in [1.54, 1.807) is 12.3 Å². The van der Waals surface area contributed by atoms with E-state index in [0.29, 0.717) is 21.5 Å². The van der Waals surface area contributed by atoms with Crippen LogP contribution in [0.1, 0.15) is 22.8 Å². The molecule has 28 heavy (non-hydrogen) atoms. The van der Waals surface area contributed by atoms with Gasteiger partial charge in [0.1, 0.15) is 40.5 Å². The molecule has 0 amide bonds. The molecule has 1 aliphatic rings. The molecule has 0 aliphatic carbocycles. The van der Waals surface area contributed by atoms with Crippen LogP contribution in [0.3, 0.4) is 0 Å². The van der Waals surface area contributed by atoms with Crippen molar-refractivity contribution in [1.29, 1.82) is 0 Å². The van der Waals surface area contributed by atoms with Gasteiger partial charge in [-0.2, -0.15) is 0 Å². The Morgan fingerprint density at radius 2 is 2.18 bits per heavy atom. The van der Waals surface area contributed by atoms with Crippen molar-refractivity contribution in [2.75, 3.05) is 12.3 Å². The van der Waals surface area contributed by atoms with Gasteiger partial charge in [0.25, 0.3) is 0 Å². The molecule has 1 saturated heterocycles. The Hall–Kier alpha value is -2.57. The largest absolute Gasteiger partial charge is 0.477 e. The number of aliphatic hydroxyl groups is 3. The first-order valence-corrected chi connectivity index (χ1v) is 9.18. The van der Waals surface area contributed by atoms with E-state index in [1.807, 2.05) is 0 Å². The summed E-state index contributed by atoms with van der Waals surface area (Å²) in [6.45, 7) is 0.936. The molecular weight excluding hydrogens is 388 g/mol. The van der Waals surface area contributed by atoms with Crippen LogP contribution in [-0.2, 0) is 4.74 Å². The fourth-order valence-corrected chi connectivity index (χ4v) is 4.32. The maximum absolute atomic E-state index is 11.2. The summed E-state index contributed by atoms with van der Waals surface area (Å²) in [5.74, 6) is -0.860. The Morgan fingerprint density at radius 1 is 1.43 bits per heavy atom. The summed E-state index contributed by atoms with van der Waals surface area (Å²) in [5, 5.41) is 40.2. The number of thiophene rings is 1. The van der Waals surface area contributed by atoms with E-state index in [0.717, 1.165) is 11.3 Å². The van der Waals surface area contributed by atoms with Gasteiger partial charge < -0.3 is 35.5 Å². The third-order valence-corrected chi connectivity index (χ3v) is 6.01. The number of rotatable bonds is 4. The van der Waals surface area contributed by atoms with Crippen LogP contribution in [0.5, 0.6) is 0 Å². The van der Waals surface area contributed by atoms with Crippen LogP contribution >= 0.6 is 11.3 Å². The van der Waals surface area contributed by atoms with E-state index >= 15 is 0 Å². The number of fused-ring (bicyclic) bond motifs is 1. The molecule has 11 heteroatoms. The summed E-state index contributed by atoms with van der Waals surface area (Å²) in [5.41, 5.74) is 5.27. The standard InChI is InChI=1S/C17H18N4O6S/c1-17(26)12(23)8(5-22)27-16(17)21-4-7(9-2-3-10(28-9)15(24)25)11-13(18)19-6-20-14(11)21/h2-4,6,8,12,16,22-23,26H,5H2,1H3,(H,24,25)(H2,18,19,20)/t8?,12?,16-,17+/m1/s1. The van der Waals surface area contributed by atoms with Crippen molar-refractivity contribution in [3.05, 3.63) is 29.5 Å². The van der Waals surface area contributed by atoms with Gasteiger partial charge in [-0.1, -0.05) is 0 Å². The molecule has 0 bridgehead atoms. The minimum Gasteiger partial charge on any atom is -0.477 e. The van der Waals surface area contributed by atoms with E-state index in [9.17, 15) is 25.2 Å². The van der Waals surface area contributed by atoms with Crippen LogP contribution in [0.4, 0.5) is 5.82 Å². The molecule has 2 unspecified atom stereocenters. The van der Waals surface area contributed by atoms with Crippen LogP contribution in [0, 0.1) is 0 Å². The van der Waals surface area contributed by atoms with E-state index < -0.39 is 36.6 Å². The molecule has 0 aromatic carbocycles. The normalized spacial score (nSPS) is 27.5. The lowest BCUT2D eigenvalue weighted by Crippen LogP contribution is -2.44. The zero-order valence-corrected chi connectivity index (χ0v) is 15.5. The van der Waals surface area contributed by atoms with Gasteiger partial charge in [0, 0.05) is 16.6 Å². The fourth-order valence-electron chi connectivity index (χ4n) is 3.46. The summed E-state index contributed by atoms with van der Waals surface area (Å²) < 4.78 is 7.20. The van der Waals surface area contributed by atoms with Crippen LogP contribution in [0.25, 0.3) is 21.5 Å². The highest BCUT2D eigenvalue weighted by atomic mass is 32.1. The van der Waals surface area contributed by atoms with E-state index in [1.165, 1.54) is 23.9 Å². The quantitative estimate of drug-likeness (QED) is 0.413. The lowest BCUT2D eigenvalue weighted by atomic mass is 9.96. The summed E-state index contributed by atoms with van der Waals surface area (Å²) in [6.07, 6.45) is -0.454. The van der Waals surface area contributed by atoms with Gasteiger partial charge in [0.15, 0.2) is 6.23 Å². The van der Waals surface area contributed by atoms with Gasteiger partial charge in [-0.05, 0) is 19.1 Å². The topological polar surface area (TPSA) is 164 Å². The van der Waals surface area contributed by atoms with E-state index in [-0.39, 0.29) is 10.7 Å². The number of hydrogen-bond acceptors (Lipinski definition) is 9. The number of carboxylic acids is 1. The highest BCUT2D eigenvalue weighted by Gasteiger charge is 2.53. The van der Waals surface area contributed by atoms with Crippen molar-refractivity contribution in [3.63, 3.8) is 0 Å². The van der Waals surface area contributed by atoms with Gasteiger partial charge in [0.2, 0.25) is 0 Å². The molecule has 4 heterocycles. The molecular formula is C17H18N4O6S. The van der Waals surface area contributed by atoms with Crippen molar-refractivity contribution in [2.24, 2.45) is 0 Å². The number of aromatic nitrogens is 3. The molecule has 4 rings (SSSR count). The zero-order valence-electron chi connectivity index (χ0n) is 14.7. The molecule has 0 spiro atoms. The first kappa shape index (κ1) is 18.8. The number of hydrogen-bond donors (Lipinski definition) is 5. The maximum Gasteiger partial charge on any atom is 0.345 e. The van der Waals surface area contributed by atoms with E-state index in [4.69, 9.17) is 10.5 Å². The van der Waals surface area contributed by atoms with Crippen molar-refractivity contribution < 1.29 is 30.0 Å².